The molecular formula is C17H19NO2. The molecule has 2 aromatic carbocycles. The van der Waals surface area contributed by atoms with Crippen LogP contribution >= 0.6 is 0 Å². The van der Waals surface area contributed by atoms with Crippen molar-refractivity contribution in [2.24, 2.45) is 0 Å². The lowest BCUT2D eigenvalue weighted by molar-refractivity contribution is -0.127. The van der Waals surface area contributed by atoms with Gasteiger partial charge in [0, 0.05) is 6.54 Å². The lowest BCUT2D eigenvalue weighted by Gasteiger charge is -2.14. The molecule has 2 aromatic rings. The Kier molecular flexibility index (Phi) is 4.77. The quantitative estimate of drug-likeness (QED) is 0.906. The Hall–Kier alpha value is -2.29. The fourth-order valence-electron chi connectivity index (χ4n) is 1.91. The minimum absolute atomic E-state index is 0.115. The van der Waals surface area contributed by atoms with Gasteiger partial charge in [-0.05, 0) is 31.5 Å². The van der Waals surface area contributed by atoms with Crippen LogP contribution in [0.15, 0.2) is 54.6 Å². The number of nitrogens with one attached hydrogen (secondary N) is 1. The molecule has 0 fully saturated rings. The van der Waals surface area contributed by atoms with Gasteiger partial charge in [0.25, 0.3) is 5.91 Å². The van der Waals surface area contributed by atoms with Gasteiger partial charge in [-0.2, -0.15) is 0 Å². The zero-order valence-electron chi connectivity index (χ0n) is 11.8. The van der Waals surface area contributed by atoms with Crippen LogP contribution in [0.5, 0.6) is 5.75 Å². The average Bonchev–Trinajstić information content (AvgIpc) is 2.46. The molecule has 0 aliphatic carbocycles. The third kappa shape index (κ3) is 4.12. The number of amides is 1. The van der Waals surface area contributed by atoms with Crippen LogP contribution in [0, 0.1) is 6.92 Å². The molecular weight excluding hydrogens is 250 g/mol. The van der Waals surface area contributed by atoms with Crippen molar-refractivity contribution in [2.45, 2.75) is 26.5 Å². The third-order valence-corrected chi connectivity index (χ3v) is 2.97. The van der Waals surface area contributed by atoms with Gasteiger partial charge in [-0.25, -0.2) is 0 Å². The molecule has 1 amide bonds. The van der Waals surface area contributed by atoms with Crippen molar-refractivity contribution in [1.82, 2.24) is 5.32 Å². The van der Waals surface area contributed by atoms with Crippen molar-refractivity contribution in [2.75, 3.05) is 0 Å². The van der Waals surface area contributed by atoms with E-state index in [4.69, 9.17) is 4.74 Å². The molecule has 1 atom stereocenters. The van der Waals surface area contributed by atoms with Gasteiger partial charge in [-0.1, -0.05) is 48.0 Å². The second kappa shape index (κ2) is 6.75. The number of carbonyl (C=O) groups excluding carboxylic acids is 1. The molecule has 0 saturated heterocycles. The van der Waals surface area contributed by atoms with Crippen LogP contribution in [0.25, 0.3) is 0 Å². The van der Waals surface area contributed by atoms with Gasteiger partial charge in [-0.3, -0.25) is 4.79 Å². The first-order chi connectivity index (χ1) is 9.65. The summed E-state index contributed by atoms with van der Waals surface area (Å²) in [7, 11) is 0. The molecule has 0 aliphatic heterocycles. The van der Waals surface area contributed by atoms with Gasteiger partial charge in [-0.15, -0.1) is 0 Å². The van der Waals surface area contributed by atoms with E-state index < -0.39 is 6.10 Å². The maximum absolute atomic E-state index is 12.0. The van der Waals surface area contributed by atoms with E-state index in [0.29, 0.717) is 12.3 Å². The second-order valence-electron chi connectivity index (χ2n) is 4.78. The lowest BCUT2D eigenvalue weighted by atomic mass is 10.1. The molecule has 104 valence electrons. The summed E-state index contributed by atoms with van der Waals surface area (Å²) in [5, 5.41) is 2.88. The molecule has 0 radical (unpaired) electrons. The fourth-order valence-corrected chi connectivity index (χ4v) is 1.91. The highest BCUT2D eigenvalue weighted by atomic mass is 16.5. The van der Waals surface area contributed by atoms with Crippen LogP contribution in [0.2, 0.25) is 0 Å². The molecule has 0 aromatic heterocycles. The maximum atomic E-state index is 12.0. The summed E-state index contributed by atoms with van der Waals surface area (Å²) in [5.74, 6) is 0.584. The summed E-state index contributed by atoms with van der Waals surface area (Å²) in [4.78, 5) is 12.0. The Balaban J connectivity index is 1.85. The summed E-state index contributed by atoms with van der Waals surface area (Å²) in [5.41, 5.74) is 2.27. The largest absolute Gasteiger partial charge is 0.481 e. The topological polar surface area (TPSA) is 38.3 Å². The van der Waals surface area contributed by atoms with E-state index in [2.05, 4.69) is 11.4 Å². The summed E-state index contributed by atoms with van der Waals surface area (Å²) in [6.45, 7) is 4.30. The van der Waals surface area contributed by atoms with Crippen LogP contribution in [0.4, 0.5) is 0 Å². The Labute approximate surface area is 119 Å². The van der Waals surface area contributed by atoms with Crippen LogP contribution in [-0.2, 0) is 11.3 Å². The highest BCUT2D eigenvalue weighted by molar-refractivity contribution is 5.80. The van der Waals surface area contributed by atoms with E-state index in [9.17, 15) is 4.79 Å². The Bertz CT molecular complexity index is 566. The van der Waals surface area contributed by atoms with Gasteiger partial charge < -0.3 is 10.1 Å². The monoisotopic (exact) mass is 269 g/mol. The molecule has 0 bridgehead atoms. The van der Waals surface area contributed by atoms with Crippen molar-refractivity contribution >= 4 is 5.91 Å². The van der Waals surface area contributed by atoms with Crippen molar-refractivity contribution in [3.05, 3.63) is 65.7 Å². The summed E-state index contributed by atoms with van der Waals surface area (Å²) < 4.78 is 5.58. The normalized spacial score (nSPS) is 11.7. The number of hydrogen-bond donors (Lipinski definition) is 1. The van der Waals surface area contributed by atoms with Crippen LogP contribution in [0.1, 0.15) is 18.1 Å². The van der Waals surface area contributed by atoms with Crippen molar-refractivity contribution < 1.29 is 9.53 Å². The smallest absolute Gasteiger partial charge is 0.261 e. The van der Waals surface area contributed by atoms with Crippen LogP contribution in [0.3, 0.4) is 0 Å². The number of hydrogen-bond acceptors (Lipinski definition) is 2. The maximum Gasteiger partial charge on any atom is 0.261 e. The summed E-state index contributed by atoms with van der Waals surface area (Å²) >= 11 is 0. The zero-order chi connectivity index (χ0) is 14.4. The predicted molar refractivity (Wildman–Crippen MR) is 79.6 cm³/mol. The summed E-state index contributed by atoms with van der Waals surface area (Å²) in [6.07, 6.45) is -0.512. The van der Waals surface area contributed by atoms with Crippen LogP contribution in [-0.4, -0.2) is 12.0 Å². The van der Waals surface area contributed by atoms with E-state index in [1.165, 1.54) is 5.56 Å². The molecule has 2 rings (SSSR count). The molecule has 0 aliphatic rings. The second-order valence-corrected chi connectivity index (χ2v) is 4.78. The van der Waals surface area contributed by atoms with E-state index in [0.717, 1.165) is 5.56 Å². The Morgan fingerprint density at radius 2 is 1.90 bits per heavy atom. The minimum atomic E-state index is -0.512. The van der Waals surface area contributed by atoms with Gasteiger partial charge in [0.05, 0.1) is 0 Å². The first-order valence-electron chi connectivity index (χ1n) is 6.70. The predicted octanol–water partition coefficient (Wildman–Crippen LogP) is 3.08. The fraction of sp³-hybridized carbons (Fsp3) is 0.235. The van der Waals surface area contributed by atoms with E-state index in [1.807, 2.05) is 55.5 Å². The average molecular weight is 269 g/mol. The number of rotatable bonds is 5. The number of aryl methyl sites for hydroxylation is 1. The van der Waals surface area contributed by atoms with E-state index >= 15 is 0 Å². The zero-order valence-corrected chi connectivity index (χ0v) is 11.8. The molecule has 20 heavy (non-hydrogen) atoms. The molecule has 0 heterocycles. The van der Waals surface area contributed by atoms with Crippen molar-refractivity contribution in [3.63, 3.8) is 0 Å². The van der Waals surface area contributed by atoms with E-state index in [-0.39, 0.29) is 5.91 Å². The minimum Gasteiger partial charge on any atom is -0.481 e. The Morgan fingerprint density at radius 1 is 1.15 bits per heavy atom. The molecule has 0 saturated carbocycles. The van der Waals surface area contributed by atoms with Crippen molar-refractivity contribution in [3.8, 4) is 5.75 Å². The summed E-state index contributed by atoms with van der Waals surface area (Å²) in [6, 6.07) is 17.4. The highest BCUT2D eigenvalue weighted by Gasteiger charge is 2.13. The highest BCUT2D eigenvalue weighted by Crippen LogP contribution is 2.11. The third-order valence-electron chi connectivity index (χ3n) is 2.97. The first kappa shape index (κ1) is 14.1. The van der Waals surface area contributed by atoms with Gasteiger partial charge >= 0.3 is 0 Å². The standard InChI is InChI=1S/C17H19NO2/c1-13-7-6-8-15(11-13)12-18-17(19)14(2)20-16-9-4-3-5-10-16/h3-11,14H,12H2,1-2H3,(H,18,19)/t14-/m0/s1. The first-order valence-corrected chi connectivity index (χ1v) is 6.70. The Morgan fingerprint density at radius 3 is 2.60 bits per heavy atom. The molecule has 3 nitrogen and oxygen atoms in total. The van der Waals surface area contributed by atoms with Crippen molar-refractivity contribution in [1.29, 1.82) is 0 Å². The molecule has 0 spiro atoms. The molecule has 1 N–H and O–H groups in total. The SMILES string of the molecule is Cc1cccc(CNC(=O)[C@H](C)Oc2ccccc2)c1. The number of carbonyl (C=O) groups is 1. The number of para-hydroxylation sites is 1. The van der Waals surface area contributed by atoms with Gasteiger partial charge in [0.2, 0.25) is 0 Å². The van der Waals surface area contributed by atoms with Gasteiger partial charge in [0.15, 0.2) is 6.10 Å². The molecule has 3 heteroatoms. The number of ether oxygens (including phenoxy) is 1. The number of benzene rings is 2. The van der Waals surface area contributed by atoms with E-state index in [1.54, 1.807) is 6.92 Å². The molecule has 0 unspecified atom stereocenters. The van der Waals surface area contributed by atoms with Gasteiger partial charge in [0.1, 0.15) is 5.75 Å². The lowest BCUT2D eigenvalue weighted by Crippen LogP contribution is -2.35. The van der Waals surface area contributed by atoms with Crippen LogP contribution < -0.4 is 10.1 Å².